The quantitative estimate of drug-likeness (QED) is 0.776. The maximum atomic E-state index is 11.9. The molecule has 0 saturated carbocycles. The number of anilines is 1. The van der Waals surface area contributed by atoms with Gasteiger partial charge in [0.15, 0.2) is 5.13 Å². The largest absolute Gasteiger partial charge is 0.350 e. The van der Waals surface area contributed by atoms with E-state index in [0.29, 0.717) is 11.7 Å². The summed E-state index contributed by atoms with van der Waals surface area (Å²) in [5.41, 5.74) is 3.54. The Morgan fingerprint density at radius 3 is 2.91 bits per heavy atom. The maximum Gasteiger partial charge on any atom is 0.321 e. The van der Waals surface area contributed by atoms with Crippen molar-refractivity contribution in [3.8, 4) is 0 Å². The lowest BCUT2D eigenvalue weighted by molar-refractivity contribution is 0.252. The van der Waals surface area contributed by atoms with E-state index in [0.717, 1.165) is 10.4 Å². The summed E-state index contributed by atoms with van der Waals surface area (Å²) in [6, 6.07) is 5.98. The van der Waals surface area contributed by atoms with Crippen LogP contribution in [0.1, 0.15) is 16.0 Å². The number of para-hydroxylation sites is 1. The van der Waals surface area contributed by atoms with Crippen LogP contribution in [-0.2, 0) is 13.6 Å². The van der Waals surface area contributed by atoms with E-state index in [4.69, 9.17) is 0 Å². The number of rotatable bonds is 3. The van der Waals surface area contributed by atoms with Crippen LogP contribution in [0.5, 0.6) is 0 Å². The number of aryl methyl sites for hydroxylation is 3. The summed E-state index contributed by atoms with van der Waals surface area (Å²) in [7, 11) is 2.03. The van der Waals surface area contributed by atoms with E-state index in [9.17, 15) is 4.79 Å². The summed E-state index contributed by atoms with van der Waals surface area (Å²) in [5.74, 6) is 0. The van der Waals surface area contributed by atoms with Crippen molar-refractivity contribution in [2.45, 2.75) is 20.4 Å². The number of benzene rings is 1. The minimum absolute atomic E-state index is 0.237. The molecule has 0 saturated heterocycles. The molecule has 0 atom stereocenters. The molecule has 2 amide bonds. The first kappa shape index (κ1) is 14.6. The van der Waals surface area contributed by atoms with E-state index in [1.807, 2.05) is 20.0 Å². The molecule has 22 heavy (non-hydrogen) atoms. The molecule has 0 unspecified atom stereocenters. The highest BCUT2D eigenvalue weighted by molar-refractivity contribution is 7.15. The fourth-order valence-electron chi connectivity index (χ4n) is 2.62. The van der Waals surface area contributed by atoms with E-state index >= 15 is 0 Å². The molecule has 0 spiro atoms. The average molecular weight is 314 g/mol. The smallest absolute Gasteiger partial charge is 0.321 e. The highest BCUT2D eigenvalue weighted by Crippen LogP contribution is 2.23. The standard InChI is InChI=1S/C16H18N4OS/c1-10-5-4-6-13-12(9-20(3)14(10)13)8-17-15(21)19-16-18-7-11(2)22-16/h4-7,9H,8H2,1-3H3,(H2,17,18,19,21). The molecule has 0 fully saturated rings. The van der Waals surface area contributed by atoms with Gasteiger partial charge in [-0.05, 0) is 25.0 Å². The third-order valence-corrected chi connectivity index (χ3v) is 4.40. The fraction of sp³-hybridized carbons (Fsp3) is 0.250. The minimum Gasteiger partial charge on any atom is -0.350 e. The van der Waals surface area contributed by atoms with Gasteiger partial charge in [-0.2, -0.15) is 0 Å². The van der Waals surface area contributed by atoms with E-state index in [-0.39, 0.29) is 6.03 Å². The highest BCUT2D eigenvalue weighted by Gasteiger charge is 2.10. The second-order valence-corrected chi connectivity index (χ2v) is 6.55. The third-order valence-electron chi connectivity index (χ3n) is 3.57. The summed E-state index contributed by atoms with van der Waals surface area (Å²) in [6.45, 7) is 4.53. The Labute approximate surface area is 133 Å². The molecule has 3 rings (SSSR count). The van der Waals surface area contributed by atoms with Crippen LogP contribution in [0, 0.1) is 13.8 Å². The lowest BCUT2D eigenvalue weighted by Crippen LogP contribution is -2.28. The van der Waals surface area contributed by atoms with Gasteiger partial charge in [0.1, 0.15) is 0 Å². The summed E-state index contributed by atoms with van der Waals surface area (Å²) in [4.78, 5) is 17.1. The van der Waals surface area contributed by atoms with Crippen LogP contribution in [0.3, 0.4) is 0 Å². The lowest BCUT2D eigenvalue weighted by Gasteiger charge is -2.05. The van der Waals surface area contributed by atoms with Crippen LogP contribution in [0.2, 0.25) is 0 Å². The molecule has 2 N–H and O–H groups in total. The van der Waals surface area contributed by atoms with Crippen molar-refractivity contribution in [1.82, 2.24) is 14.9 Å². The van der Waals surface area contributed by atoms with Gasteiger partial charge in [-0.25, -0.2) is 9.78 Å². The van der Waals surface area contributed by atoms with Crippen molar-refractivity contribution in [1.29, 1.82) is 0 Å². The molecule has 2 heterocycles. The summed E-state index contributed by atoms with van der Waals surface area (Å²) < 4.78 is 2.10. The number of urea groups is 1. The molecule has 3 aromatic rings. The second-order valence-electron chi connectivity index (χ2n) is 5.32. The number of aromatic nitrogens is 2. The first-order valence-electron chi connectivity index (χ1n) is 7.05. The molecule has 0 aliphatic carbocycles. The van der Waals surface area contributed by atoms with Crippen molar-refractivity contribution in [2.24, 2.45) is 7.05 Å². The van der Waals surface area contributed by atoms with Crippen LogP contribution < -0.4 is 10.6 Å². The highest BCUT2D eigenvalue weighted by atomic mass is 32.1. The van der Waals surface area contributed by atoms with E-state index in [1.54, 1.807) is 6.20 Å². The second kappa shape index (κ2) is 5.81. The van der Waals surface area contributed by atoms with E-state index in [2.05, 4.69) is 45.4 Å². The Balaban J connectivity index is 1.71. The number of fused-ring (bicyclic) bond motifs is 1. The SMILES string of the molecule is Cc1cnc(NC(=O)NCc2cn(C)c3c(C)cccc23)s1. The molecular weight excluding hydrogens is 296 g/mol. The molecule has 2 aromatic heterocycles. The Bertz CT molecular complexity index is 834. The normalized spacial score (nSPS) is 10.9. The first-order valence-corrected chi connectivity index (χ1v) is 7.87. The number of hydrogen-bond acceptors (Lipinski definition) is 3. The monoisotopic (exact) mass is 314 g/mol. The zero-order valence-electron chi connectivity index (χ0n) is 12.8. The van der Waals surface area contributed by atoms with Crippen LogP contribution in [0.15, 0.2) is 30.6 Å². The van der Waals surface area contributed by atoms with Gasteiger partial charge < -0.3 is 9.88 Å². The van der Waals surface area contributed by atoms with Crippen molar-refractivity contribution in [3.63, 3.8) is 0 Å². The summed E-state index contributed by atoms with van der Waals surface area (Å²) in [6.07, 6.45) is 3.80. The average Bonchev–Trinajstić information content (AvgIpc) is 3.01. The Morgan fingerprint density at radius 1 is 1.36 bits per heavy atom. The van der Waals surface area contributed by atoms with Gasteiger partial charge >= 0.3 is 6.03 Å². The van der Waals surface area contributed by atoms with Gasteiger partial charge in [-0.15, -0.1) is 11.3 Å². The number of carbonyl (C=O) groups excluding carboxylic acids is 1. The first-order chi connectivity index (χ1) is 10.5. The minimum atomic E-state index is -0.237. The van der Waals surface area contributed by atoms with Crippen molar-refractivity contribution < 1.29 is 4.79 Å². The molecule has 0 radical (unpaired) electrons. The zero-order chi connectivity index (χ0) is 15.7. The zero-order valence-corrected chi connectivity index (χ0v) is 13.6. The van der Waals surface area contributed by atoms with Crippen LogP contribution in [0.25, 0.3) is 10.9 Å². The number of thiazole rings is 1. The molecular formula is C16H18N4OS. The van der Waals surface area contributed by atoms with Gasteiger partial charge in [-0.3, -0.25) is 5.32 Å². The molecule has 6 heteroatoms. The molecule has 1 aromatic carbocycles. The number of amides is 2. The summed E-state index contributed by atoms with van der Waals surface area (Å²) >= 11 is 1.46. The Hall–Kier alpha value is -2.34. The lowest BCUT2D eigenvalue weighted by atomic mass is 10.1. The molecule has 114 valence electrons. The van der Waals surface area contributed by atoms with Gasteiger partial charge in [0, 0.05) is 36.2 Å². The predicted octanol–water partition coefficient (Wildman–Crippen LogP) is 3.57. The Kier molecular flexibility index (Phi) is 3.85. The fourth-order valence-corrected chi connectivity index (χ4v) is 3.28. The maximum absolute atomic E-state index is 11.9. The van der Waals surface area contributed by atoms with Gasteiger partial charge in [0.05, 0.1) is 5.52 Å². The number of carbonyl (C=O) groups is 1. The topological polar surface area (TPSA) is 59.0 Å². The molecule has 0 aliphatic rings. The number of hydrogen-bond donors (Lipinski definition) is 2. The van der Waals surface area contributed by atoms with Gasteiger partial charge in [0.25, 0.3) is 0 Å². The van der Waals surface area contributed by atoms with Crippen molar-refractivity contribution in [2.75, 3.05) is 5.32 Å². The van der Waals surface area contributed by atoms with Crippen molar-refractivity contribution in [3.05, 3.63) is 46.6 Å². The molecule has 0 bridgehead atoms. The molecule has 0 aliphatic heterocycles. The van der Waals surface area contributed by atoms with E-state index < -0.39 is 0 Å². The Morgan fingerprint density at radius 2 is 2.18 bits per heavy atom. The number of nitrogens with zero attached hydrogens (tertiary/aromatic N) is 2. The van der Waals surface area contributed by atoms with Crippen molar-refractivity contribution >= 4 is 33.4 Å². The predicted molar refractivity (Wildman–Crippen MR) is 90.4 cm³/mol. The molecule has 5 nitrogen and oxygen atoms in total. The van der Waals surface area contributed by atoms with Crippen LogP contribution >= 0.6 is 11.3 Å². The number of nitrogens with one attached hydrogen (secondary N) is 2. The van der Waals surface area contributed by atoms with Gasteiger partial charge in [-0.1, -0.05) is 18.2 Å². The van der Waals surface area contributed by atoms with E-state index in [1.165, 1.54) is 27.8 Å². The van der Waals surface area contributed by atoms with Crippen LogP contribution in [-0.4, -0.2) is 15.6 Å². The van der Waals surface area contributed by atoms with Gasteiger partial charge in [0.2, 0.25) is 0 Å². The summed E-state index contributed by atoms with van der Waals surface area (Å²) in [5, 5.41) is 7.42. The third kappa shape index (κ3) is 2.82. The van der Waals surface area contributed by atoms with Crippen LogP contribution in [0.4, 0.5) is 9.93 Å².